The summed E-state index contributed by atoms with van der Waals surface area (Å²) in [4.78, 5) is 12.2. The molecule has 2 aromatic carbocycles. The number of carbonyl (C=O) groups is 1. The Kier molecular flexibility index (Phi) is 6.85. The smallest absolute Gasteiger partial charge is 0.258 e. The summed E-state index contributed by atoms with van der Waals surface area (Å²) in [6.07, 6.45) is 0.836. The summed E-state index contributed by atoms with van der Waals surface area (Å²) in [6.45, 7) is 6.34. The molecule has 0 spiro atoms. The molecule has 3 nitrogen and oxygen atoms in total. The quantitative estimate of drug-likeness (QED) is 0.704. The molecule has 0 heterocycles. The maximum atomic E-state index is 12.2. The van der Waals surface area contributed by atoms with Crippen molar-refractivity contribution in [3.8, 4) is 5.75 Å². The minimum atomic E-state index is -0.120. The Bertz CT molecular complexity index is 671. The maximum absolute atomic E-state index is 12.2. The lowest BCUT2D eigenvalue weighted by atomic mass is 10.0. The molecule has 4 heteroatoms. The highest BCUT2D eigenvalue weighted by Gasteiger charge is 2.13. The van der Waals surface area contributed by atoms with E-state index in [1.54, 1.807) is 0 Å². The number of carbonyl (C=O) groups excluding carboxylic acids is 1. The van der Waals surface area contributed by atoms with Gasteiger partial charge in [-0.1, -0.05) is 57.2 Å². The van der Waals surface area contributed by atoms with E-state index in [9.17, 15) is 4.79 Å². The van der Waals surface area contributed by atoms with Gasteiger partial charge in [-0.3, -0.25) is 4.79 Å². The van der Waals surface area contributed by atoms with E-state index in [2.05, 4.69) is 42.0 Å². The molecule has 0 saturated carbocycles. The number of rotatable bonds is 7. The van der Waals surface area contributed by atoms with E-state index in [1.165, 1.54) is 5.56 Å². The van der Waals surface area contributed by atoms with Gasteiger partial charge in [0.15, 0.2) is 6.61 Å². The zero-order chi connectivity index (χ0) is 17.5. The first-order valence-electron chi connectivity index (χ1n) is 8.27. The van der Waals surface area contributed by atoms with Gasteiger partial charge in [0, 0.05) is 0 Å². The van der Waals surface area contributed by atoms with E-state index < -0.39 is 0 Å². The Hall–Kier alpha value is -1.81. The van der Waals surface area contributed by atoms with Crippen LogP contribution in [0.2, 0.25) is 0 Å². The number of halogens is 1. The first-order chi connectivity index (χ1) is 11.5. The van der Waals surface area contributed by atoms with Crippen molar-refractivity contribution in [2.75, 3.05) is 6.61 Å². The van der Waals surface area contributed by atoms with Crippen molar-refractivity contribution < 1.29 is 9.53 Å². The van der Waals surface area contributed by atoms with Gasteiger partial charge in [-0.2, -0.15) is 0 Å². The lowest BCUT2D eigenvalue weighted by Gasteiger charge is -2.18. The lowest BCUT2D eigenvalue weighted by Crippen LogP contribution is -2.32. The Morgan fingerprint density at radius 1 is 1.12 bits per heavy atom. The second kappa shape index (κ2) is 8.88. The first-order valence-corrected chi connectivity index (χ1v) is 9.07. The third kappa shape index (κ3) is 5.10. The average molecular weight is 390 g/mol. The van der Waals surface area contributed by atoms with Crippen LogP contribution in [0.5, 0.6) is 5.75 Å². The molecule has 0 bridgehead atoms. The van der Waals surface area contributed by atoms with Gasteiger partial charge in [0.25, 0.3) is 5.91 Å². The second-order valence-electron chi connectivity index (χ2n) is 6.07. The minimum Gasteiger partial charge on any atom is -0.483 e. The van der Waals surface area contributed by atoms with Crippen LogP contribution in [-0.4, -0.2) is 12.5 Å². The van der Waals surface area contributed by atoms with Gasteiger partial charge in [-0.15, -0.1) is 0 Å². The van der Waals surface area contributed by atoms with Crippen molar-refractivity contribution in [2.45, 2.75) is 39.2 Å². The zero-order valence-electron chi connectivity index (χ0n) is 14.4. The van der Waals surface area contributed by atoms with Crippen molar-refractivity contribution >= 4 is 21.8 Å². The van der Waals surface area contributed by atoms with E-state index >= 15 is 0 Å². The van der Waals surface area contributed by atoms with Gasteiger partial charge >= 0.3 is 0 Å². The molecule has 1 atom stereocenters. The summed E-state index contributed by atoms with van der Waals surface area (Å²) in [6, 6.07) is 16.0. The molecule has 2 aromatic rings. The molecular formula is C20H24BrNO2. The number of nitrogens with one attached hydrogen (secondary N) is 1. The molecule has 0 aliphatic carbocycles. The fraction of sp³-hybridized carbons (Fsp3) is 0.350. The van der Waals surface area contributed by atoms with Crippen LogP contribution in [0.3, 0.4) is 0 Å². The van der Waals surface area contributed by atoms with Crippen LogP contribution >= 0.6 is 15.9 Å². The molecule has 128 valence electrons. The molecule has 0 aliphatic rings. The summed E-state index contributed by atoms with van der Waals surface area (Å²) in [5, 5.41) is 3.02. The zero-order valence-corrected chi connectivity index (χ0v) is 16.0. The van der Waals surface area contributed by atoms with E-state index in [-0.39, 0.29) is 18.6 Å². The summed E-state index contributed by atoms with van der Waals surface area (Å²) in [7, 11) is 0. The number of ether oxygens (including phenoxy) is 1. The second-order valence-corrected chi connectivity index (χ2v) is 6.93. The Morgan fingerprint density at radius 3 is 2.42 bits per heavy atom. The van der Waals surface area contributed by atoms with Crippen LogP contribution in [0.25, 0.3) is 0 Å². The summed E-state index contributed by atoms with van der Waals surface area (Å²) < 4.78 is 6.53. The van der Waals surface area contributed by atoms with E-state index in [0.29, 0.717) is 11.7 Å². The van der Waals surface area contributed by atoms with Crippen LogP contribution in [0.15, 0.2) is 53.0 Å². The fourth-order valence-electron chi connectivity index (χ4n) is 2.48. The van der Waals surface area contributed by atoms with Crippen LogP contribution in [0.4, 0.5) is 0 Å². The summed E-state index contributed by atoms with van der Waals surface area (Å²) >= 11 is 3.51. The van der Waals surface area contributed by atoms with Crippen LogP contribution in [0, 0.1) is 0 Å². The fourth-order valence-corrected chi connectivity index (χ4v) is 2.99. The number of amides is 1. The third-order valence-electron chi connectivity index (χ3n) is 3.93. The van der Waals surface area contributed by atoms with Crippen LogP contribution < -0.4 is 10.1 Å². The van der Waals surface area contributed by atoms with Gasteiger partial charge in [-0.25, -0.2) is 0 Å². The topological polar surface area (TPSA) is 38.3 Å². The largest absolute Gasteiger partial charge is 0.483 e. The number of hydrogen-bond acceptors (Lipinski definition) is 2. The average Bonchev–Trinajstić information content (AvgIpc) is 2.59. The Labute approximate surface area is 152 Å². The van der Waals surface area contributed by atoms with Gasteiger partial charge in [0.05, 0.1) is 10.5 Å². The van der Waals surface area contributed by atoms with Crippen LogP contribution in [-0.2, 0) is 4.79 Å². The maximum Gasteiger partial charge on any atom is 0.258 e. The monoisotopic (exact) mass is 389 g/mol. The highest BCUT2D eigenvalue weighted by atomic mass is 79.9. The van der Waals surface area contributed by atoms with Crippen molar-refractivity contribution in [1.29, 1.82) is 0 Å². The molecule has 24 heavy (non-hydrogen) atoms. The molecule has 1 amide bonds. The van der Waals surface area contributed by atoms with E-state index in [1.807, 2.05) is 48.5 Å². The molecule has 1 N–H and O–H groups in total. The predicted octanol–water partition coefficient (Wildman–Crippen LogP) is 5.22. The van der Waals surface area contributed by atoms with Gasteiger partial charge < -0.3 is 10.1 Å². The molecule has 0 radical (unpaired) electrons. The Balaban J connectivity index is 1.93. The molecule has 0 aromatic heterocycles. The van der Waals surface area contributed by atoms with Crippen molar-refractivity contribution in [2.24, 2.45) is 0 Å². The molecule has 2 rings (SSSR count). The lowest BCUT2D eigenvalue weighted by molar-refractivity contribution is -0.123. The summed E-state index contributed by atoms with van der Waals surface area (Å²) in [5.74, 6) is 1.02. The summed E-state index contributed by atoms with van der Waals surface area (Å²) in [5.41, 5.74) is 2.34. The first kappa shape index (κ1) is 18.5. The molecule has 0 aliphatic heterocycles. The molecule has 0 saturated heterocycles. The predicted molar refractivity (Wildman–Crippen MR) is 101 cm³/mol. The SMILES string of the molecule is CC[C@@H](NC(=O)COc1ccc(C(C)C)cc1Br)c1ccccc1. The number of benzene rings is 2. The highest BCUT2D eigenvalue weighted by molar-refractivity contribution is 9.10. The van der Waals surface area contributed by atoms with Crippen molar-refractivity contribution in [1.82, 2.24) is 5.32 Å². The van der Waals surface area contributed by atoms with Crippen molar-refractivity contribution in [3.05, 3.63) is 64.1 Å². The Morgan fingerprint density at radius 2 is 1.83 bits per heavy atom. The van der Waals surface area contributed by atoms with E-state index in [4.69, 9.17) is 4.74 Å². The van der Waals surface area contributed by atoms with Gasteiger partial charge in [0.1, 0.15) is 5.75 Å². The number of hydrogen-bond donors (Lipinski definition) is 1. The normalized spacial score (nSPS) is 12.0. The van der Waals surface area contributed by atoms with E-state index in [0.717, 1.165) is 16.5 Å². The van der Waals surface area contributed by atoms with Gasteiger partial charge in [0.2, 0.25) is 0 Å². The minimum absolute atomic E-state index is 0.00294. The third-order valence-corrected chi connectivity index (χ3v) is 4.55. The molecule has 0 unspecified atom stereocenters. The van der Waals surface area contributed by atoms with Crippen molar-refractivity contribution in [3.63, 3.8) is 0 Å². The van der Waals surface area contributed by atoms with Gasteiger partial charge in [-0.05, 0) is 51.5 Å². The van der Waals surface area contributed by atoms with Crippen LogP contribution in [0.1, 0.15) is 50.3 Å². The molecular weight excluding hydrogens is 366 g/mol. The molecule has 0 fully saturated rings. The highest BCUT2D eigenvalue weighted by Crippen LogP contribution is 2.28. The standard InChI is InChI=1S/C20H24BrNO2/c1-4-18(15-8-6-5-7-9-15)22-20(23)13-24-19-11-10-16(14(2)3)12-17(19)21/h5-12,14,18H,4,13H2,1-3H3,(H,22,23)/t18-/m1/s1.